The van der Waals surface area contributed by atoms with Gasteiger partial charge in [0.1, 0.15) is 6.17 Å². The standard InChI is InChI=1S/C9H14N4S/c1-12(2)14-13-8-6-4-3-5-7(8)9(10)11-13/h3-6,9,11H,10H2,1-2H3. The quantitative estimate of drug-likeness (QED) is 0.716. The monoisotopic (exact) mass is 210 g/mol. The number of anilines is 1. The SMILES string of the molecule is CN(C)SN1NC(N)c2ccccc21. The van der Waals surface area contributed by atoms with Crippen molar-refractivity contribution in [2.45, 2.75) is 6.17 Å². The fraction of sp³-hybridized carbons (Fsp3) is 0.333. The summed E-state index contributed by atoms with van der Waals surface area (Å²) in [6, 6.07) is 8.13. The number of hydrogen-bond acceptors (Lipinski definition) is 5. The highest BCUT2D eigenvalue weighted by molar-refractivity contribution is 7.98. The molecule has 0 aliphatic carbocycles. The summed E-state index contributed by atoms with van der Waals surface area (Å²) in [5.41, 5.74) is 11.4. The molecule has 2 rings (SSSR count). The van der Waals surface area contributed by atoms with Crippen molar-refractivity contribution in [1.82, 2.24) is 9.73 Å². The van der Waals surface area contributed by atoms with E-state index in [9.17, 15) is 0 Å². The average Bonchev–Trinajstić information content (AvgIpc) is 2.44. The summed E-state index contributed by atoms with van der Waals surface area (Å²) >= 11 is 1.58. The van der Waals surface area contributed by atoms with Gasteiger partial charge in [0, 0.05) is 5.56 Å². The summed E-state index contributed by atoms with van der Waals surface area (Å²) in [7, 11) is 4.00. The Morgan fingerprint density at radius 2 is 2.14 bits per heavy atom. The molecule has 5 heteroatoms. The lowest BCUT2D eigenvalue weighted by Gasteiger charge is -2.21. The predicted molar refractivity (Wildman–Crippen MR) is 60.3 cm³/mol. The number of benzene rings is 1. The van der Waals surface area contributed by atoms with E-state index in [2.05, 4.69) is 11.5 Å². The van der Waals surface area contributed by atoms with E-state index < -0.39 is 0 Å². The van der Waals surface area contributed by atoms with Crippen molar-refractivity contribution in [3.05, 3.63) is 29.8 Å². The highest BCUT2D eigenvalue weighted by Crippen LogP contribution is 2.34. The molecule has 0 radical (unpaired) electrons. The molecule has 0 spiro atoms. The molecular formula is C9H14N4S. The molecule has 76 valence electrons. The van der Waals surface area contributed by atoms with Crippen LogP contribution in [0.3, 0.4) is 0 Å². The zero-order valence-corrected chi connectivity index (χ0v) is 9.08. The van der Waals surface area contributed by atoms with Gasteiger partial charge < -0.3 is 5.73 Å². The number of fused-ring (bicyclic) bond motifs is 1. The first-order chi connectivity index (χ1) is 6.68. The molecule has 1 heterocycles. The Balaban J connectivity index is 2.25. The zero-order valence-electron chi connectivity index (χ0n) is 8.27. The smallest absolute Gasteiger partial charge is 0.102 e. The minimum Gasteiger partial charge on any atom is -0.311 e. The van der Waals surface area contributed by atoms with Gasteiger partial charge in [-0.15, -0.1) is 0 Å². The van der Waals surface area contributed by atoms with Crippen molar-refractivity contribution in [2.24, 2.45) is 5.73 Å². The van der Waals surface area contributed by atoms with Gasteiger partial charge in [-0.3, -0.25) is 0 Å². The van der Waals surface area contributed by atoms with E-state index in [1.54, 1.807) is 12.1 Å². The summed E-state index contributed by atoms with van der Waals surface area (Å²) in [6.07, 6.45) is -0.0985. The van der Waals surface area contributed by atoms with Crippen LogP contribution in [-0.2, 0) is 0 Å². The summed E-state index contributed by atoms with van der Waals surface area (Å²) in [5.74, 6) is 0. The van der Waals surface area contributed by atoms with Crippen molar-refractivity contribution in [1.29, 1.82) is 0 Å². The fourth-order valence-electron chi connectivity index (χ4n) is 1.43. The summed E-state index contributed by atoms with van der Waals surface area (Å²) in [5, 5.41) is 0. The second-order valence-corrected chi connectivity index (χ2v) is 4.61. The van der Waals surface area contributed by atoms with Crippen LogP contribution < -0.4 is 15.6 Å². The maximum absolute atomic E-state index is 5.93. The van der Waals surface area contributed by atoms with E-state index in [1.807, 2.05) is 41.0 Å². The van der Waals surface area contributed by atoms with Crippen LogP contribution in [0.5, 0.6) is 0 Å². The number of hydrazine groups is 1. The van der Waals surface area contributed by atoms with E-state index in [0.717, 1.165) is 11.3 Å². The van der Waals surface area contributed by atoms with Gasteiger partial charge >= 0.3 is 0 Å². The molecule has 3 N–H and O–H groups in total. The summed E-state index contributed by atoms with van der Waals surface area (Å²) in [4.78, 5) is 0. The van der Waals surface area contributed by atoms with Crippen molar-refractivity contribution >= 4 is 17.8 Å². The van der Waals surface area contributed by atoms with E-state index in [0.29, 0.717) is 0 Å². The lowest BCUT2D eigenvalue weighted by atomic mass is 10.2. The minimum atomic E-state index is -0.0985. The number of hydrogen-bond donors (Lipinski definition) is 2. The Morgan fingerprint density at radius 1 is 1.43 bits per heavy atom. The third kappa shape index (κ3) is 1.72. The molecular weight excluding hydrogens is 196 g/mol. The Morgan fingerprint density at radius 3 is 2.86 bits per heavy atom. The van der Waals surface area contributed by atoms with E-state index >= 15 is 0 Å². The molecule has 0 bridgehead atoms. The number of nitrogens with two attached hydrogens (primary N) is 1. The summed E-state index contributed by atoms with van der Waals surface area (Å²) in [6.45, 7) is 0. The highest BCUT2D eigenvalue weighted by atomic mass is 32.2. The Hall–Kier alpha value is -0.750. The van der Waals surface area contributed by atoms with E-state index in [1.165, 1.54) is 0 Å². The second kappa shape index (κ2) is 3.78. The maximum Gasteiger partial charge on any atom is 0.102 e. The molecule has 14 heavy (non-hydrogen) atoms. The molecule has 1 aliphatic heterocycles. The fourth-order valence-corrected chi connectivity index (χ4v) is 2.17. The lowest BCUT2D eigenvalue weighted by Crippen LogP contribution is -2.34. The molecule has 0 aromatic heterocycles. The van der Waals surface area contributed by atoms with E-state index in [4.69, 9.17) is 5.73 Å². The average molecular weight is 210 g/mol. The first-order valence-electron chi connectivity index (χ1n) is 4.44. The number of para-hydroxylation sites is 1. The van der Waals surface area contributed by atoms with Crippen molar-refractivity contribution < 1.29 is 0 Å². The Labute approximate surface area is 88.3 Å². The van der Waals surface area contributed by atoms with Gasteiger partial charge in [0.05, 0.1) is 17.8 Å². The molecule has 0 saturated heterocycles. The number of nitrogens with one attached hydrogen (secondary N) is 1. The van der Waals surface area contributed by atoms with Gasteiger partial charge in [0.15, 0.2) is 0 Å². The molecule has 0 saturated carbocycles. The van der Waals surface area contributed by atoms with Crippen LogP contribution in [0.15, 0.2) is 24.3 Å². The lowest BCUT2D eigenvalue weighted by molar-refractivity contribution is 0.615. The first kappa shape index (κ1) is 9.79. The van der Waals surface area contributed by atoms with Crippen molar-refractivity contribution in [2.75, 3.05) is 18.5 Å². The van der Waals surface area contributed by atoms with Crippen LogP contribution in [0.1, 0.15) is 11.7 Å². The zero-order chi connectivity index (χ0) is 10.1. The van der Waals surface area contributed by atoms with E-state index in [-0.39, 0.29) is 6.17 Å². The molecule has 4 nitrogen and oxygen atoms in total. The van der Waals surface area contributed by atoms with Gasteiger partial charge in [-0.25, -0.2) is 14.1 Å². The van der Waals surface area contributed by atoms with Crippen LogP contribution in [0.4, 0.5) is 5.69 Å². The predicted octanol–water partition coefficient (Wildman–Crippen LogP) is 1.09. The third-order valence-electron chi connectivity index (χ3n) is 1.99. The molecule has 1 aromatic carbocycles. The summed E-state index contributed by atoms with van der Waals surface area (Å²) < 4.78 is 4.00. The first-order valence-corrected chi connectivity index (χ1v) is 5.18. The topological polar surface area (TPSA) is 44.5 Å². The largest absolute Gasteiger partial charge is 0.311 e. The van der Waals surface area contributed by atoms with Gasteiger partial charge in [-0.1, -0.05) is 18.2 Å². The van der Waals surface area contributed by atoms with Crippen LogP contribution >= 0.6 is 12.1 Å². The van der Waals surface area contributed by atoms with Crippen LogP contribution in [-0.4, -0.2) is 18.4 Å². The van der Waals surface area contributed by atoms with Crippen LogP contribution in [0.25, 0.3) is 0 Å². The van der Waals surface area contributed by atoms with Crippen molar-refractivity contribution in [3.8, 4) is 0 Å². The van der Waals surface area contributed by atoms with Crippen LogP contribution in [0, 0.1) is 0 Å². The van der Waals surface area contributed by atoms with Crippen molar-refractivity contribution in [3.63, 3.8) is 0 Å². The molecule has 1 aliphatic rings. The molecule has 1 aromatic rings. The molecule has 1 unspecified atom stereocenters. The second-order valence-electron chi connectivity index (χ2n) is 3.35. The third-order valence-corrected chi connectivity index (χ3v) is 2.78. The minimum absolute atomic E-state index is 0.0985. The Bertz CT molecular complexity index is 326. The Kier molecular flexibility index (Phi) is 2.64. The molecule has 0 amide bonds. The molecule has 0 fully saturated rings. The normalized spacial score (nSPS) is 20.3. The highest BCUT2D eigenvalue weighted by Gasteiger charge is 2.25. The van der Waals surface area contributed by atoms with Gasteiger partial charge in [0.2, 0.25) is 0 Å². The molecule has 1 atom stereocenters. The van der Waals surface area contributed by atoms with Gasteiger partial charge in [-0.05, 0) is 20.2 Å². The van der Waals surface area contributed by atoms with Crippen LogP contribution in [0.2, 0.25) is 0 Å². The number of nitrogens with zero attached hydrogens (tertiary/aromatic N) is 2. The maximum atomic E-state index is 5.93. The number of rotatable bonds is 2. The van der Waals surface area contributed by atoms with Gasteiger partial charge in [-0.2, -0.15) is 0 Å². The van der Waals surface area contributed by atoms with Gasteiger partial charge in [0.25, 0.3) is 0 Å².